The second kappa shape index (κ2) is 6.25. The summed E-state index contributed by atoms with van der Waals surface area (Å²) < 4.78 is 4.64. The van der Waals surface area contributed by atoms with E-state index in [1.165, 1.54) is 18.9 Å². The van der Waals surface area contributed by atoms with E-state index in [1.54, 1.807) is 18.2 Å². The van der Waals surface area contributed by atoms with E-state index in [-0.39, 0.29) is 5.97 Å². The molecular formula is C13H15N4O2S+. The van der Waals surface area contributed by atoms with Gasteiger partial charge in [-0.3, -0.25) is 0 Å². The van der Waals surface area contributed by atoms with E-state index >= 15 is 0 Å². The Morgan fingerprint density at radius 3 is 2.65 bits per heavy atom. The molecule has 0 saturated carbocycles. The number of nitrogens with one attached hydrogen (secondary N) is 1. The van der Waals surface area contributed by atoms with Crippen LogP contribution < -0.4 is 16.5 Å². The van der Waals surface area contributed by atoms with Crippen molar-refractivity contribution in [2.45, 2.75) is 10.9 Å². The summed E-state index contributed by atoms with van der Waals surface area (Å²) >= 11 is 1.48. The van der Waals surface area contributed by atoms with Gasteiger partial charge in [0.05, 0.1) is 18.7 Å². The van der Waals surface area contributed by atoms with Gasteiger partial charge in [-0.2, -0.15) is 0 Å². The number of esters is 1. The summed E-state index contributed by atoms with van der Waals surface area (Å²) in [6, 6.07) is 8.76. The Labute approximate surface area is 120 Å². The number of H-pyrrole nitrogens is 1. The van der Waals surface area contributed by atoms with E-state index in [0.717, 1.165) is 5.56 Å². The number of anilines is 2. The van der Waals surface area contributed by atoms with Gasteiger partial charge >= 0.3 is 5.97 Å². The molecule has 0 aliphatic rings. The minimum atomic E-state index is -0.345. The zero-order chi connectivity index (χ0) is 14.5. The van der Waals surface area contributed by atoms with Gasteiger partial charge in [0.15, 0.2) is 0 Å². The van der Waals surface area contributed by atoms with Gasteiger partial charge in [0, 0.05) is 5.75 Å². The Morgan fingerprint density at radius 1 is 1.35 bits per heavy atom. The number of benzene rings is 1. The summed E-state index contributed by atoms with van der Waals surface area (Å²) in [5.41, 5.74) is 12.9. The Kier molecular flexibility index (Phi) is 4.41. The first-order chi connectivity index (χ1) is 9.58. The zero-order valence-electron chi connectivity index (χ0n) is 10.9. The lowest BCUT2D eigenvalue weighted by Crippen LogP contribution is -2.16. The predicted octanol–water partition coefficient (Wildman–Crippen LogP) is 1.14. The zero-order valence-corrected chi connectivity index (χ0v) is 11.7. The number of nitrogens with zero attached hydrogens (tertiary/aromatic N) is 1. The van der Waals surface area contributed by atoms with Crippen LogP contribution in [0.15, 0.2) is 35.5 Å². The Morgan fingerprint density at radius 2 is 2.05 bits per heavy atom. The summed E-state index contributed by atoms with van der Waals surface area (Å²) in [7, 11) is 1.36. The van der Waals surface area contributed by atoms with Crippen molar-refractivity contribution >= 4 is 29.4 Å². The maximum Gasteiger partial charge on any atom is 0.337 e. The molecule has 2 rings (SSSR count). The highest BCUT2D eigenvalue weighted by molar-refractivity contribution is 7.98. The molecule has 0 fully saturated rings. The van der Waals surface area contributed by atoms with Crippen LogP contribution in [0.1, 0.15) is 15.9 Å². The number of nitrogen functional groups attached to an aromatic ring is 2. The number of hydrogen-bond donors (Lipinski definition) is 2. The molecule has 2 aromatic rings. The molecule has 0 bridgehead atoms. The van der Waals surface area contributed by atoms with Crippen LogP contribution in [-0.4, -0.2) is 18.1 Å². The minimum absolute atomic E-state index is 0.345. The normalized spacial score (nSPS) is 10.2. The van der Waals surface area contributed by atoms with Gasteiger partial charge in [0.1, 0.15) is 0 Å². The van der Waals surface area contributed by atoms with Gasteiger partial charge in [-0.25, -0.2) is 9.78 Å². The summed E-state index contributed by atoms with van der Waals surface area (Å²) in [4.78, 5) is 18.4. The topological polar surface area (TPSA) is 105 Å². The van der Waals surface area contributed by atoms with Crippen molar-refractivity contribution in [3.05, 3.63) is 41.5 Å². The third-order valence-corrected chi connectivity index (χ3v) is 3.48. The van der Waals surface area contributed by atoms with Gasteiger partial charge in [-0.1, -0.05) is 17.1 Å². The van der Waals surface area contributed by atoms with Gasteiger partial charge in [0.25, 0.3) is 5.16 Å². The van der Waals surface area contributed by atoms with Crippen LogP contribution in [-0.2, 0) is 10.5 Å². The molecule has 0 radical (unpaired) electrons. The number of ether oxygens (including phenoxy) is 1. The van der Waals surface area contributed by atoms with Gasteiger partial charge < -0.3 is 16.2 Å². The number of aromatic nitrogens is 2. The Balaban J connectivity index is 2.02. The first kappa shape index (κ1) is 14.1. The molecule has 5 N–H and O–H groups in total. The van der Waals surface area contributed by atoms with Gasteiger partial charge in [0.2, 0.25) is 11.6 Å². The lowest BCUT2D eigenvalue weighted by atomic mass is 10.1. The Bertz CT molecular complexity index is 596. The second-order valence-corrected chi connectivity index (χ2v) is 5.01. The fourth-order valence-corrected chi connectivity index (χ4v) is 2.43. The summed E-state index contributed by atoms with van der Waals surface area (Å²) in [5.74, 6) is 1.20. The van der Waals surface area contributed by atoms with Crippen LogP contribution in [0, 0.1) is 0 Å². The number of thioether (sulfide) groups is 1. The summed E-state index contributed by atoms with van der Waals surface area (Å²) in [5, 5.41) is 0.652. The lowest BCUT2D eigenvalue weighted by molar-refractivity contribution is -0.416. The van der Waals surface area contributed by atoms with Crippen LogP contribution in [0.2, 0.25) is 0 Å². The van der Waals surface area contributed by atoms with Crippen LogP contribution in [0.4, 0.5) is 11.6 Å². The number of carbonyl (C=O) groups is 1. The lowest BCUT2D eigenvalue weighted by Gasteiger charge is -2.02. The average Bonchev–Trinajstić information content (AvgIpc) is 2.44. The molecule has 1 heterocycles. The van der Waals surface area contributed by atoms with E-state index in [4.69, 9.17) is 11.5 Å². The van der Waals surface area contributed by atoms with Crippen molar-refractivity contribution in [2.24, 2.45) is 0 Å². The summed E-state index contributed by atoms with van der Waals surface area (Å²) in [6.45, 7) is 0. The van der Waals surface area contributed by atoms with E-state index < -0.39 is 0 Å². The fraction of sp³-hybridized carbons (Fsp3) is 0.154. The smallest absolute Gasteiger partial charge is 0.337 e. The first-order valence-electron chi connectivity index (χ1n) is 5.84. The molecule has 0 unspecified atom stereocenters. The molecule has 104 valence electrons. The Hall–Kier alpha value is -2.28. The van der Waals surface area contributed by atoms with Crippen molar-refractivity contribution in [3.63, 3.8) is 0 Å². The van der Waals surface area contributed by atoms with Gasteiger partial charge in [-0.15, -0.1) is 0 Å². The van der Waals surface area contributed by atoms with Crippen molar-refractivity contribution in [1.82, 2.24) is 4.98 Å². The second-order valence-electron chi connectivity index (χ2n) is 4.04. The number of hydrogen-bond acceptors (Lipinski definition) is 6. The maximum atomic E-state index is 11.3. The predicted molar refractivity (Wildman–Crippen MR) is 77.0 cm³/mol. The van der Waals surface area contributed by atoms with Crippen LogP contribution in [0.25, 0.3) is 0 Å². The molecule has 0 saturated heterocycles. The number of carbonyl (C=O) groups excluding carboxylic acids is 1. The monoisotopic (exact) mass is 291 g/mol. The third kappa shape index (κ3) is 3.61. The number of aromatic amines is 1. The summed E-state index contributed by atoms with van der Waals surface area (Å²) in [6.07, 6.45) is 0. The average molecular weight is 291 g/mol. The molecule has 6 nitrogen and oxygen atoms in total. The highest BCUT2D eigenvalue weighted by Crippen LogP contribution is 2.19. The van der Waals surface area contributed by atoms with E-state index in [9.17, 15) is 4.79 Å². The molecule has 1 aromatic heterocycles. The van der Waals surface area contributed by atoms with Crippen molar-refractivity contribution in [2.75, 3.05) is 18.6 Å². The SMILES string of the molecule is COC(=O)c1ccc(CSc2nc(N)cc(N)[nH+]2)cc1. The van der Waals surface area contributed by atoms with Crippen LogP contribution >= 0.6 is 11.8 Å². The number of methoxy groups -OCH3 is 1. The van der Waals surface area contributed by atoms with Crippen molar-refractivity contribution in [1.29, 1.82) is 0 Å². The first-order valence-corrected chi connectivity index (χ1v) is 6.82. The highest BCUT2D eigenvalue weighted by atomic mass is 32.2. The quantitative estimate of drug-likeness (QED) is 0.497. The van der Waals surface area contributed by atoms with E-state index in [2.05, 4.69) is 14.7 Å². The van der Waals surface area contributed by atoms with Crippen LogP contribution in [0.5, 0.6) is 0 Å². The van der Waals surface area contributed by atoms with Gasteiger partial charge in [-0.05, 0) is 29.5 Å². The molecule has 0 aliphatic heterocycles. The molecule has 0 aliphatic carbocycles. The van der Waals surface area contributed by atoms with Crippen molar-refractivity contribution < 1.29 is 14.5 Å². The molecule has 0 spiro atoms. The standard InChI is InChI=1S/C13H14N4O2S/c1-19-12(18)9-4-2-8(3-5-9)7-20-13-16-10(14)6-11(15)17-13/h2-6H,7H2,1H3,(H4,14,15,16,17)/p+1. The third-order valence-electron chi connectivity index (χ3n) is 2.54. The largest absolute Gasteiger partial charge is 0.465 e. The van der Waals surface area contributed by atoms with Crippen molar-refractivity contribution in [3.8, 4) is 0 Å². The fourth-order valence-electron chi connectivity index (χ4n) is 1.57. The van der Waals surface area contributed by atoms with Crippen LogP contribution in [0.3, 0.4) is 0 Å². The maximum absolute atomic E-state index is 11.3. The van der Waals surface area contributed by atoms with E-state index in [1.807, 2.05) is 12.1 Å². The number of nitrogens with two attached hydrogens (primary N) is 2. The molecule has 1 aromatic carbocycles. The molecule has 0 amide bonds. The highest BCUT2D eigenvalue weighted by Gasteiger charge is 2.09. The molecule has 20 heavy (non-hydrogen) atoms. The minimum Gasteiger partial charge on any atom is -0.465 e. The number of rotatable bonds is 4. The van der Waals surface area contributed by atoms with E-state index in [0.29, 0.717) is 28.1 Å². The molecule has 0 atom stereocenters. The molecule has 7 heteroatoms. The molecular weight excluding hydrogens is 276 g/mol.